The lowest BCUT2D eigenvalue weighted by Gasteiger charge is -2.19. The minimum absolute atomic E-state index is 0.0158. The van der Waals surface area contributed by atoms with Crippen LogP contribution < -0.4 is 10.6 Å². The zero-order valence-corrected chi connectivity index (χ0v) is 15.4. The topological polar surface area (TPSA) is 87.7 Å². The summed E-state index contributed by atoms with van der Waals surface area (Å²) in [4.78, 5) is 23.1. The summed E-state index contributed by atoms with van der Waals surface area (Å²) in [5, 5.41) is 15.9. The van der Waals surface area contributed by atoms with Gasteiger partial charge in [-0.15, -0.1) is 0 Å². The number of halogens is 2. The number of benzene rings is 1. The minimum Gasteiger partial charge on any atom is -0.444 e. The second-order valence-corrected chi connectivity index (χ2v) is 7.07. The standard InChI is InChI=1S/C16H22Cl2N2O4/c1-16(2,3)24-15(23)19-5-4-14(22)20-9-13(21)10-6-11(17)8-12(18)7-10/h6-8,13,21H,4-5,9H2,1-3H3,(H,19,23)(H,20,22). The number of carbonyl (C=O) groups excluding carboxylic acids is 2. The molecule has 24 heavy (non-hydrogen) atoms. The third-order valence-electron chi connectivity index (χ3n) is 2.78. The molecular weight excluding hydrogens is 355 g/mol. The number of aliphatic hydroxyl groups excluding tert-OH is 1. The van der Waals surface area contributed by atoms with E-state index >= 15 is 0 Å². The maximum absolute atomic E-state index is 11.7. The Hall–Kier alpha value is -1.50. The molecule has 0 saturated carbocycles. The molecule has 0 fully saturated rings. The van der Waals surface area contributed by atoms with Crippen molar-refractivity contribution in [1.29, 1.82) is 0 Å². The molecule has 134 valence electrons. The van der Waals surface area contributed by atoms with E-state index < -0.39 is 17.8 Å². The van der Waals surface area contributed by atoms with E-state index in [0.29, 0.717) is 15.6 Å². The molecule has 8 heteroatoms. The van der Waals surface area contributed by atoms with E-state index in [0.717, 1.165) is 0 Å². The minimum atomic E-state index is -0.927. The number of rotatable bonds is 6. The second kappa shape index (κ2) is 9.11. The fourth-order valence-corrected chi connectivity index (χ4v) is 2.32. The van der Waals surface area contributed by atoms with E-state index in [1.165, 1.54) is 0 Å². The van der Waals surface area contributed by atoms with Crippen molar-refractivity contribution in [2.75, 3.05) is 13.1 Å². The number of aliphatic hydroxyl groups is 1. The number of carbonyl (C=O) groups is 2. The van der Waals surface area contributed by atoms with Crippen molar-refractivity contribution in [2.45, 2.75) is 38.9 Å². The Balaban J connectivity index is 2.32. The lowest BCUT2D eigenvalue weighted by molar-refractivity contribution is -0.121. The van der Waals surface area contributed by atoms with E-state index in [4.69, 9.17) is 27.9 Å². The Labute approximate surface area is 151 Å². The van der Waals surface area contributed by atoms with Crippen molar-refractivity contribution in [3.05, 3.63) is 33.8 Å². The van der Waals surface area contributed by atoms with Crippen LogP contribution in [0.25, 0.3) is 0 Å². The molecule has 0 spiro atoms. The Kier molecular flexibility index (Phi) is 7.79. The SMILES string of the molecule is CC(C)(C)OC(=O)NCCC(=O)NCC(O)c1cc(Cl)cc(Cl)c1. The Morgan fingerprint density at radius 2 is 1.75 bits per heavy atom. The molecule has 0 saturated heterocycles. The summed E-state index contributed by atoms with van der Waals surface area (Å²) in [6.07, 6.45) is -1.43. The smallest absolute Gasteiger partial charge is 0.407 e. The molecule has 6 nitrogen and oxygen atoms in total. The summed E-state index contributed by atoms with van der Waals surface area (Å²) in [6.45, 7) is 5.41. The molecule has 3 N–H and O–H groups in total. The van der Waals surface area contributed by atoms with Gasteiger partial charge in [0, 0.05) is 29.6 Å². The van der Waals surface area contributed by atoms with Crippen LogP contribution in [-0.4, -0.2) is 35.8 Å². The van der Waals surface area contributed by atoms with Gasteiger partial charge in [0.25, 0.3) is 0 Å². The van der Waals surface area contributed by atoms with Crippen LogP contribution in [0.3, 0.4) is 0 Å². The van der Waals surface area contributed by atoms with Crippen LogP contribution in [-0.2, 0) is 9.53 Å². The van der Waals surface area contributed by atoms with Gasteiger partial charge in [-0.25, -0.2) is 4.79 Å². The monoisotopic (exact) mass is 376 g/mol. The predicted octanol–water partition coefficient (Wildman–Crippen LogP) is 3.06. The molecule has 0 aliphatic carbocycles. The fourth-order valence-electron chi connectivity index (χ4n) is 1.78. The molecule has 1 aromatic carbocycles. The molecule has 0 aromatic heterocycles. The van der Waals surface area contributed by atoms with Crippen LogP contribution in [0, 0.1) is 0 Å². The summed E-state index contributed by atoms with van der Waals surface area (Å²) in [5.41, 5.74) is -0.0750. The molecule has 1 atom stereocenters. The van der Waals surface area contributed by atoms with Gasteiger partial charge in [-0.2, -0.15) is 0 Å². The highest BCUT2D eigenvalue weighted by Crippen LogP contribution is 2.23. The van der Waals surface area contributed by atoms with Crippen LogP contribution >= 0.6 is 23.2 Å². The average Bonchev–Trinajstić information content (AvgIpc) is 2.41. The molecule has 1 aromatic rings. The van der Waals surface area contributed by atoms with Crippen LogP contribution in [0.4, 0.5) is 4.79 Å². The van der Waals surface area contributed by atoms with Gasteiger partial charge in [0.15, 0.2) is 0 Å². The maximum atomic E-state index is 11.7. The molecule has 0 radical (unpaired) electrons. The number of hydrogen-bond acceptors (Lipinski definition) is 4. The molecule has 0 aliphatic rings. The Morgan fingerprint density at radius 1 is 1.17 bits per heavy atom. The fraction of sp³-hybridized carbons (Fsp3) is 0.500. The predicted molar refractivity (Wildman–Crippen MR) is 93.3 cm³/mol. The normalized spacial score (nSPS) is 12.4. The van der Waals surface area contributed by atoms with E-state index in [2.05, 4.69) is 10.6 Å². The number of ether oxygens (including phenoxy) is 1. The number of alkyl carbamates (subject to hydrolysis) is 1. The van der Waals surface area contributed by atoms with E-state index in [1.807, 2.05) is 0 Å². The van der Waals surface area contributed by atoms with Gasteiger partial charge in [-0.05, 0) is 44.5 Å². The quantitative estimate of drug-likeness (QED) is 0.711. The summed E-state index contributed by atoms with van der Waals surface area (Å²) >= 11 is 11.7. The van der Waals surface area contributed by atoms with Crippen molar-refractivity contribution in [1.82, 2.24) is 10.6 Å². The molecule has 0 aliphatic heterocycles. The van der Waals surface area contributed by atoms with Gasteiger partial charge < -0.3 is 20.5 Å². The van der Waals surface area contributed by atoms with E-state index in [9.17, 15) is 14.7 Å². The zero-order valence-electron chi connectivity index (χ0n) is 13.9. The van der Waals surface area contributed by atoms with Crippen molar-refractivity contribution >= 4 is 35.2 Å². The van der Waals surface area contributed by atoms with Gasteiger partial charge in [0.1, 0.15) is 5.60 Å². The summed E-state index contributed by atoms with van der Waals surface area (Å²) in [7, 11) is 0. The molecular formula is C16H22Cl2N2O4. The van der Waals surface area contributed by atoms with Crippen molar-refractivity contribution in [3.63, 3.8) is 0 Å². The third-order valence-corrected chi connectivity index (χ3v) is 3.22. The van der Waals surface area contributed by atoms with Crippen molar-refractivity contribution in [3.8, 4) is 0 Å². The molecule has 0 heterocycles. The van der Waals surface area contributed by atoms with Gasteiger partial charge in [-0.3, -0.25) is 4.79 Å². The van der Waals surface area contributed by atoms with Gasteiger partial charge in [0.2, 0.25) is 5.91 Å². The first-order valence-corrected chi connectivity index (χ1v) is 8.20. The summed E-state index contributed by atoms with van der Waals surface area (Å²) in [6, 6.07) is 4.71. The molecule has 1 rings (SSSR count). The molecule has 2 amide bonds. The lowest BCUT2D eigenvalue weighted by Crippen LogP contribution is -2.35. The third kappa shape index (κ3) is 8.38. The zero-order chi connectivity index (χ0) is 18.3. The maximum Gasteiger partial charge on any atom is 0.407 e. The number of amides is 2. The first kappa shape index (κ1) is 20.5. The molecule has 1 unspecified atom stereocenters. The highest BCUT2D eigenvalue weighted by atomic mass is 35.5. The number of hydrogen-bond donors (Lipinski definition) is 3. The summed E-state index contributed by atoms with van der Waals surface area (Å²) < 4.78 is 5.05. The average molecular weight is 377 g/mol. The van der Waals surface area contributed by atoms with Crippen LogP contribution in [0.15, 0.2) is 18.2 Å². The van der Waals surface area contributed by atoms with Gasteiger partial charge in [-0.1, -0.05) is 23.2 Å². The first-order chi connectivity index (χ1) is 11.1. The second-order valence-electron chi connectivity index (χ2n) is 6.20. The van der Waals surface area contributed by atoms with E-state index in [-0.39, 0.29) is 25.4 Å². The Bertz CT molecular complexity index is 568. The van der Waals surface area contributed by atoms with Crippen LogP contribution in [0.5, 0.6) is 0 Å². The van der Waals surface area contributed by atoms with Crippen LogP contribution in [0.2, 0.25) is 10.0 Å². The van der Waals surface area contributed by atoms with Crippen molar-refractivity contribution in [2.24, 2.45) is 0 Å². The largest absolute Gasteiger partial charge is 0.444 e. The van der Waals surface area contributed by atoms with E-state index in [1.54, 1.807) is 39.0 Å². The van der Waals surface area contributed by atoms with Crippen molar-refractivity contribution < 1.29 is 19.4 Å². The summed E-state index contributed by atoms with van der Waals surface area (Å²) in [5.74, 6) is -0.307. The lowest BCUT2D eigenvalue weighted by atomic mass is 10.1. The molecule has 0 bridgehead atoms. The van der Waals surface area contributed by atoms with Gasteiger partial charge in [0.05, 0.1) is 6.10 Å². The number of nitrogens with one attached hydrogen (secondary N) is 2. The van der Waals surface area contributed by atoms with Gasteiger partial charge >= 0.3 is 6.09 Å². The first-order valence-electron chi connectivity index (χ1n) is 7.44. The Morgan fingerprint density at radius 3 is 2.29 bits per heavy atom. The highest BCUT2D eigenvalue weighted by Gasteiger charge is 2.16. The van der Waals surface area contributed by atoms with Crippen LogP contribution in [0.1, 0.15) is 38.9 Å². The highest BCUT2D eigenvalue weighted by molar-refractivity contribution is 6.34.